The summed E-state index contributed by atoms with van der Waals surface area (Å²) >= 11 is 0. The first-order valence-electron chi connectivity index (χ1n) is 5.00. The Labute approximate surface area is 98.5 Å². The Hall–Kier alpha value is -2.43. The highest BCUT2D eigenvalue weighted by Gasteiger charge is 2.11. The molecule has 17 heavy (non-hydrogen) atoms. The van der Waals surface area contributed by atoms with Crippen molar-refractivity contribution in [3.05, 3.63) is 48.5 Å². The lowest BCUT2D eigenvalue weighted by Crippen LogP contribution is -2.06. The summed E-state index contributed by atoms with van der Waals surface area (Å²) in [7, 11) is 1.34. The van der Waals surface area contributed by atoms with Crippen LogP contribution in [0.5, 0.6) is 0 Å². The second-order valence-corrected chi connectivity index (χ2v) is 3.28. The van der Waals surface area contributed by atoms with E-state index in [9.17, 15) is 4.79 Å². The number of carbonyl (C=O) groups excluding carboxylic acids is 1. The topological polar surface area (TPSA) is 64.1 Å². The molecule has 0 saturated heterocycles. The van der Waals surface area contributed by atoms with E-state index < -0.39 is 5.97 Å². The molecule has 5 heteroatoms. The second-order valence-electron chi connectivity index (χ2n) is 3.28. The van der Waals surface area contributed by atoms with Gasteiger partial charge in [-0.05, 0) is 18.2 Å². The summed E-state index contributed by atoms with van der Waals surface area (Å²) in [5, 5.41) is 3.06. The Morgan fingerprint density at radius 1 is 1.24 bits per heavy atom. The number of esters is 1. The van der Waals surface area contributed by atoms with Gasteiger partial charge in [-0.1, -0.05) is 0 Å². The zero-order valence-electron chi connectivity index (χ0n) is 9.25. The molecule has 0 aromatic carbocycles. The number of pyridine rings is 2. The minimum Gasteiger partial charge on any atom is -0.465 e. The van der Waals surface area contributed by atoms with E-state index in [1.165, 1.54) is 7.11 Å². The molecule has 2 rings (SSSR count). The zero-order valence-corrected chi connectivity index (χ0v) is 9.25. The van der Waals surface area contributed by atoms with Crippen LogP contribution in [0.3, 0.4) is 0 Å². The molecule has 2 heterocycles. The Kier molecular flexibility index (Phi) is 3.30. The zero-order chi connectivity index (χ0) is 12.1. The molecule has 0 saturated carbocycles. The molecule has 0 spiro atoms. The van der Waals surface area contributed by atoms with Crippen LogP contribution in [0.4, 0.5) is 11.4 Å². The first-order chi connectivity index (χ1) is 8.31. The molecule has 0 amide bonds. The van der Waals surface area contributed by atoms with Gasteiger partial charge in [0.1, 0.15) is 0 Å². The van der Waals surface area contributed by atoms with Crippen LogP contribution >= 0.6 is 0 Å². The van der Waals surface area contributed by atoms with Crippen LogP contribution in [-0.4, -0.2) is 23.0 Å². The standard InChI is InChI=1S/C12H11N3O2/c1-17-12(16)10-4-6-14-8-11(10)15-9-3-2-5-13-7-9/h2-8,15H,1H3. The third-order valence-electron chi connectivity index (χ3n) is 2.17. The van der Waals surface area contributed by atoms with Gasteiger partial charge < -0.3 is 10.1 Å². The van der Waals surface area contributed by atoms with E-state index >= 15 is 0 Å². The normalized spacial score (nSPS) is 9.71. The summed E-state index contributed by atoms with van der Waals surface area (Å²) in [6, 6.07) is 5.25. The van der Waals surface area contributed by atoms with Gasteiger partial charge in [-0.15, -0.1) is 0 Å². The van der Waals surface area contributed by atoms with Crippen LogP contribution in [0.2, 0.25) is 0 Å². The molecule has 0 bridgehead atoms. The smallest absolute Gasteiger partial charge is 0.340 e. The van der Waals surface area contributed by atoms with E-state index in [4.69, 9.17) is 4.74 Å². The SMILES string of the molecule is COC(=O)c1ccncc1Nc1cccnc1. The molecule has 0 aliphatic heterocycles. The van der Waals surface area contributed by atoms with Crippen LogP contribution in [-0.2, 0) is 4.74 Å². The summed E-state index contributed by atoms with van der Waals surface area (Å²) in [5.74, 6) is -0.404. The largest absolute Gasteiger partial charge is 0.465 e. The molecular formula is C12H11N3O2. The van der Waals surface area contributed by atoms with Crippen molar-refractivity contribution in [3.63, 3.8) is 0 Å². The lowest BCUT2D eigenvalue weighted by atomic mass is 10.2. The number of rotatable bonds is 3. The van der Waals surface area contributed by atoms with Gasteiger partial charge >= 0.3 is 5.97 Å². The first-order valence-corrected chi connectivity index (χ1v) is 5.00. The molecular weight excluding hydrogens is 218 g/mol. The third kappa shape index (κ3) is 2.57. The van der Waals surface area contributed by atoms with E-state index in [-0.39, 0.29) is 0 Å². The fourth-order valence-electron chi connectivity index (χ4n) is 1.37. The van der Waals surface area contributed by atoms with Gasteiger partial charge in [0, 0.05) is 12.4 Å². The lowest BCUT2D eigenvalue weighted by molar-refractivity contribution is 0.0602. The number of nitrogens with one attached hydrogen (secondary N) is 1. The molecule has 0 aliphatic rings. The molecule has 0 aliphatic carbocycles. The number of hydrogen-bond donors (Lipinski definition) is 1. The van der Waals surface area contributed by atoms with Gasteiger partial charge in [0.2, 0.25) is 0 Å². The van der Waals surface area contributed by atoms with E-state index in [0.29, 0.717) is 11.3 Å². The van der Waals surface area contributed by atoms with Crippen molar-refractivity contribution in [1.29, 1.82) is 0 Å². The average molecular weight is 229 g/mol. The van der Waals surface area contributed by atoms with Gasteiger partial charge in [0.05, 0.1) is 36.4 Å². The Morgan fingerprint density at radius 3 is 2.76 bits per heavy atom. The third-order valence-corrected chi connectivity index (χ3v) is 2.17. The predicted molar refractivity (Wildman–Crippen MR) is 63.1 cm³/mol. The van der Waals surface area contributed by atoms with Gasteiger partial charge in [-0.25, -0.2) is 4.79 Å². The molecule has 0 atom stereocenters. The van der Waals surface area contributed by atoms with Crippen molar-refractivity contribution in [1.82, 2.24) is 9.97 Å². The lowest BCUT2D eigenvalue weighted by Gasteiger charge is -2.09. The van der Waals surface area contributed by atoms with Gasteiger partial charge in [-0.3, -0.25) is 9.97 Å². The minimum absolute atomic E-state index is 0.404. The maximum Gasteiger partial charge on any atom is 0.340 e. The summed E-state index contributed by atoms with van der Waals surface area (Å²) in [4.78, 5) is 19.5. The van der Waals surface area contributed by atoms with Crippen molar-refractivity contribution in [2.45, 2.75) is 0 Å². The highest BCUT2D eigenvalue weighted by atomic mass is 16.5. The average Bonchev–Trinajstić information content (AvgIpc) is 2.40. The van der Waals surface area contributed by atoms with Crippen molar-refractivity contribution in [2.24, 2.45) is 0 Å². The van der Waals surface area contributed by atoms with E-state index in [2.05, 4.69) is 15.3 Å². The number of hydrogen-bond acceptors (Lipinski definition) is 5. The number of methoxy groups -OCH3 is 1. The highest BCUT2D eigenvalue weighted by molar-refractivity contribution is 5.96. The monoisotopic (exact) mass is 229 g/mol. The second kappa shape index (κ2) is 5.07. The summed E-state index contributed by atoms with van der Waals surface area (Å²) in [6.07, 6.45) is 6.45. The quantitative estimate of drug-likeness (QED) is 0.815. The number of ether oxygens (including phenoxy) is 1. The van der Waals surface area contributed by atoms with Gasteiger partial charge in [-0.2, -0.15) is 0 Å². The highest BCUT2D eigenvalue weighted by Crippen LogP contribution is 2.19. The fraction of sp³-hybridized carbons (Fsp3) is 0.0833. The van der Waals surface area contributed by atoms with Crippen molar-refractivity contribution in [3.8, 4) is 0 Å². The summed E-state index contributed by atoms with van der Waals surface area (Å²) in [5.41, 5.74) is 1.81. The minimum atomic E-state index is -0.404. The van der Waals surface area contributed by atoms with Crippen LogP contribution in [0, 0.1) is 0 Å². The molecule has 0 radical (unpaired) electrons. The number of nitrogens with zero attached hydrogens (tertiary/aromatic N) is 2. The van der Waals surface area contributed by atoms with Crippen LogP contribution in [0.25, 0.3) is 0 Å². The van der Waals surface area contributed by atoms with Gasteiger partial charge in [0.15, 0.2) is 0 Å². The number of aromatic nitrogens is 2. The van der Waals surface area contributed by atoms with Gasteiger partial charge in [0.25, 0.3) is 0 Å². The molecule has 0 fully saturated rings. The molecule has 5 nitrogen and oxygen atoms in total. The maximum absolute atomic E-state index is 11.5. The first kappa shape index (κ1) is 11.1. The van der Waals surface area contributed by atoms with Crippen molar-refractivity contribution < 1.29 is 9.53 Å². The van der Waals surface area contributed by atoms with E-state index in [0.717, 1.165) is 5.69 Å². The summed E-state index contributed by atoms with van der Waals surface area (Å²) < 4.78 is 4.69. The molecule has 2 aromatic rings. The Balaban J connectivity index is 2.30. The van der Waals surface area contributed by atoms with Crippen LogP contribution in [0.15, 0.2) is 43.0 Å². The molecule has 2 aromatic heterocycles. The Morgan fingerprint density at radius 2 is 2.06 bits per heavy atom. The number of carbonyl (C=O) groups is 1. The van der Waals surface area contributed by atoms with E-state index in [1.54, 1.807) is 36.9 Å². The maximum atomic E-state index is 11.5. The van der Waals surface area contributed by atoms with Crippen molar-refractivity contribution >= 4 is 17.3 Å². The fourth-order valence-corrected chi connectivity index (χ4v) is 1.37. The molecule has 0 unspecified atom stereocenters. The Bertz CT molecular complexity index is 514. The van der Waals surface area contributed by atoms with Crippen LogP contribution in [0.1, 0.15) is 10.4 Å². The van der Waals surface area contributed by atoms with E-state index in [1.807, 2.05) is 6.07 Å². The molecule has 86 valence electrons. The number of anilines is 2. The van der Waals surface area contributed by atoms with Crippen molar-refractivity contribution in [2.75, 3.05) is 12.4 Å². The predicted octanol–water partition coefficient (Wildman–Crippen LogP) is 2.01. The molecule has 1 N–H and O–H groups in total. The summed E-state index contributed by atoms with van der Waals surface area (Å²) in [6.45, 7) is 0. The van der Waals surface area contributed by atoms with Crippen LogP contribution < -0.4 is 5.32 Å².